The highest BCUT2D eigenvalue weighted by molar-refractivity contribution is 5.89. The first-order chi connectivity index (χ1) is 17.5. The molecular weight excluding hydrogens is 464 g/mol. The highest BCUT2D eigenvalue weighted by atomic mass is 16.5. The maximum Gasteiger partial charge on any atom is 0.343 e. The molecule has 9 nitrogen and oxygen atoms in total. The van der Waals surface area contributed by atoms with E-state index in [1.54, 1.807) is 33.4 Å². The lowest BCUT2D eigenvalue weighted by molar-refractivity contribution is -0.0300. The normalized spacial score (nSPS) is 19.2. The van der Waals surface area contributed by atoms with E-state index >= 15 is 0 Å². The molecule has 2 aromatic rings. The minimum atomic E-state index is -0.601. The first kappa shape index (κ1) is 24.8. The number of rotatable bonds is 9. The summed E-state index contributed by atoms with van der Waals surface area (Å²) in [5.41, 5.74) is 3.11. The van der Waals surface area contributed by atoms with Crippen molar-refractivity contribution in [3.63, 3.8) is 0 Å². The number of hydrogen-bond donors (Lipinski definition) is 0. The Morgan fingerprint density at radius 1 is 1.17 bits per heavy atom. The van der Waals surface area contributed by atoms with E-state index in [1.165, 1.54) is 0 Å². The average molecular weight is 499 g/mol. The first-order valence-electron chi connectivity index (χ1n) is 12.6. The number of fused-ring (bicyclic) bond motifs is 7. The van der Waals surface area contributed by atoms with Crippen molar-refractivity contribution in [1.82, 2.24) is 4.68 Å². The predicted molar refractivity (Wildman–Crippen MR) is 133 cm³/mol. The van der Waals surface area contributed by atoms with Gasteiger partial charge in [-0.15, -0.1) is 0 Å². The quantitative estimate of drug-likeness (QED) is 0.385. The maximum absolute atomic E-state index is 13.1. The monoisotopic (exact) mass is 498 g/mol. The topological polar surface area (TPSA) is 88.5 Å². The fourth-order valence-corrected chi connectivity index (χ4v) is 5.58. The molecule has 1 spiro atoms. The molecule has 0 amide bonds. The number of carbonyl (C=O) groups is 1. The third-order valence-corrected chi connectivity index (χ3v) is 7.39. The van der Waals surface area contributed by atoms with E-state index < -0.39 is 5.97 Å². The van der Waals surface area contributed by atoms with Crippen molar-refractivity contribution in [2.24, 2.45) is 0 Å². The van der Waals surface area contributed by atoms with Crippen molar-refractivity contribution in [1.29, 1.82) is 0 Å². The summed E-state index contributed by atoms with van der Waals surface area (Å²) in [5, 5.41) is 2.32. The summed E-state index contributed by atoms with van der Waals surface area (Å²) in [5.74, 6) is 0.162. The Bertz CT molecular complexity index is 1190. The van der Waals surface area contributed by atoms with Gasteiger partial charge < -0.3 is 23.7 Å². The molecule has 1 atom stereocenters. The predicted octanol–water partition coefficient (Wildman–Crippen LogP) is 3.20. The lowest BCUT2D eigenvalue weighted by Gasteiger charge is -2.59. The maximum atomic E-state index is 13.1. The number of benzene rings is 1. The fourth-order valence-electron chi connectivity index (χ4n) is 5.58. The van der Waals surface area contributed by atoms with Crippen molar-refractivity contribution < 1.29 is 28.5 Å². The van der Waals surface area contributed by atoms with Crippen LogP contribution in [-0.2, 0) is 25.6 Å². The molecule has 5 rings (SSSR count). The summed E-state index contributed by atoms with van der Waals surface area (Å²) in [6, 6.07) is 5.58. The summed E-state index contributed by atoms with van der Waals surface area (Å²) in [6.07, 6.45) is 5.52. The van der Waals surface area contributed by atoms with Crippen LogP contribution in [0.4, 0.5) is 0 Å². The number of morpholine rings is 1. The molecule has 0 bridgehead atoms. The third kappa shape index (κ3) is 4.19. The molecule has 0 radical (unpaired) electrons. The van der Waals surface area contributed by atoms with Crippen molar-refractivity contribution >= 4 is 5.97 Å². The van der Waals surface area contributed by atoms with Gasteiger partial charge in [0.1, 0.15) is 11.3 Å². The number of pyridine rings is 1. The van der Waals surface area contributed by atoms with Gasteiger partial charge in [-0.05, 0) is 43.9 Å². The molecule has 9 heteroatoms. The van der Waals surface area contributed by atoms with Crippen LogP contribution in [-0.4, -0.2) is 63.4 Å². The van der Waals surface area contributed by atoms with Gasteiger partial charge in [0.05, 0.1) is 50.3 Å². The molecule has 0 N–H and O–H groups in total. The zero-order chi connectivity index (χ0) is 25.3. The molecule has 3 heterocycles. The van der Waals surface area contributed by atoms with Crippen LogP contribution in [0.15, 0.2) is 29.2 Å². The summed E-state index contributed by atoms with van der Waals surface area (Å²) >= 11 is 0. The van der Waals surface area contributed by atoms with Gasteiger partial charge in [0.15, 0.2) is 5.43 Å². The van der Waals surface area contributed by atoms with Gasteiger partial charge in [0.2, 0.25) is 0 Å². The molecule has 2 aliphatic heterocycles. The minimum Gasteiger partial charge on any atom is -0.493 e. The van der Waals surface area contributed by atoms with Crippen LogP contribution < -0.4 is 15.2 Å². The third-order valence-electron chi connectivity index (χ3n) is 7.39. The number of nitrogens with zero attached hydrogens (tertiary/aromatic N) is 2. The number of esters is 1. The van der Waals surface area contributed by atoms with E-state index in [1.807, 2.05) is 10.7 Å². The van der Waals surface area contributed by atoms with Crippen LogP contribution in [0.1, 0.15) is 60.1 Å². The Morgan fingerprint density at radius 3 is 2.69 bits per heavy atom. The number of aromatic nitrogens is 1. The molecule has 194 valence electrons. The first-order valence-corrected chi connectivity index (χ1v) is 12.6. The number of carbonyl (C=O) groups excluding carboxylic acids is 1. The lowest BCUT2D eigenvalue weighted by Crippen LogP contribution is -2.67. The smallest absolute Gasteiger partial charge is 0.343 e. The van der Waals surface area contributed by atoms with Crippen LogP contribution in [0.25, 0.3) is 11.3 Å². The van der Waals surface area contributed by atoms with Crippen LogP contribution in [0, 0.1) is 0 Å². The molecule has 3 aliphatic rings. The second kappa shape index (κ2) is 10.2. The number of methoxy groups -OCH3 is 2. The Hall–Kier alpha value is -2.88. The molecule has 1 unspecified atom stereocenters. The largest absolute Gasteiger partial charge is 0.493 e. The number of hydrogen-bond acceptors (Lipinski definition) is 8. The molecule has 1 saturated carbocycles. The Morgan fingerprint density at radius 2 is 2.00 bits per heavy atom. The van der Waals surface area contributed by atoms with Gasteiger partial charge in [0.25, 0.3) is 0 Å². The molecule has 1 aromatic carbocycles. The van der Waals surface area contributed by atoms with Gasteiger partial charge in [-0.1, -0.05) is 0 Å². The fraction of sp³-hybridized carbons (Fsp3) is 0.556. The molecular formula is C27H34N2O7. The van der Waals surface area contributed by atoms with Gasteiger partial charge in [-0.3, -0.25) is 14.5 Å². The van der Waals surface area contributed by atoms with Gasteiger partial charge >= 0.3 is 5.97 Å². The van der Waals surface area contributed by atoms with E-state index in [0.29, 0.717) is 33.0 Å². The summed E-state index contributed by atoms with van der Waals surface area (Å²) in [4.78, 5) is 25.7. The SMILES string of the molecule is CCOC(=O)c1cn2c(cc1=O)-c1cc(COC)c(OCCCOC)cc1C1COCC3(CCC3)N12. The van der Waals surface area contributed by atoms with Crippen LogP contribution in [0.5, 0.6) is 5.75 Å². The molecule has 1 aromatic heterocycles. The second-order valence-corrected chi connectivity index (χ2v) is 9.63. The zero-order valence-corrected chi connectivity index (χ0v) is 21.2. The van der Waals surface area contributed by atoms with Gasteiger partial charge in [0, 0.05) is 50.6 Å². The van der Waals surface area contributed by atoms with E-state index in [9.17, 15) is 9.59 Å². The van der Waals surface area contributed by atoms with Crippen LogP contribution >= 0.6 is 0 Å². The van der Waals surface area contributed by atoms with Crippen LogP contribution in [0.2, 0.25) is 0 Å². The zero-order valence-electron chi connectivity index (χ0n) is 21.2. The van der Waals surface area contributed by atoms with Crippen molar-refractivity contribution in [2.45, 2.75) is 50.8 Å². The van der Waals surface area contributed by atoms with Crippen molar-refractivity contribution in [3.8, 4) is 17.0 Å². The van der Waals surface area contributed by atoms with E-state index in [4.69, 9.17) is 23.7 Å². The van der Waals surface area contributed by atoms with Crippen LogP contribution in [0.3, 0.4) is 0 Å². The van der Waals surface area contributed by atoms with E-state index in [0.717, 1.165) is 53.8 Å². The van der Waals surface area contributed by atoms with Crippen molar-refractivity contribution in [3.05, 3.63) is 51.3 Å². The lowest BCUT2D eigenvalue weighted by atomic mass is 9.74. The number of ether oxygens (including phenoxy) is 5. The molecule has 1 saturated heterocycles. The summed E-state index contributed by atoms with van der Waals surface area (Å²) in [6.45, 7) is 4.57. The average Bonchev–Trinajstić information content (AvgIpc) is 2.85. The summed E-state index contributed by atoms with van der Waals surface area (Å²) < 4.78 is 30.1. The standard InChI is InChI=1S/C27H34N2O7/c1-4-35-26(31)21-14-28-22(13-24(21)30)19-11-18(15-33-3)25(36-10-6-9-32-2)12-20(19)23-16-34-17-27(29(23)28)7-5-8-27/h11-14,23H,4-10,15-17H2,1-3H3. The molecule has 1 aliphatic carbocycles. The highest BCUT2D eigenvalue weighted by Gasteiger charge is 2.52. The van der Waals surface area contributed by atoms with Crippen molar-refractivity contribution in [2.75, 3.05) is 52.3 Å². The van der Waals surface area contributed by atoms with E-state index in [-0.39, 0.29) is 29.2 Å². The second-order valence-electron chi connectivity index (χ2n) is 9.63. The molecule has 36 heavy (non-hydrogen) atoms. The Labute approximate surface area is 210 Å². The molecule has 2 fully saturated rings. The minimum absolute atomic E-state index is 0.0407. The summed E-state index contributed by atoms with van der Waals surface area (Å²) in [7, 11) is 3.32. The van der Waals surface area contributed by atoms with Gasteiger partial charge in [-0.2, -0.15) is 0 Å². The van der Waals surface area contributed by atoms with E-state index in [2.05, 4.69) is 11.1 Å². The Balaban J connectivity index is 1.67. The Kier molecular flexibility index (Phi) is 7.05. The van der Waals surface area contributed by atoms with Gasteiger partial charge in [-0.25, -0.2) is 4.79 Å². The highest BCUT2D eigenvalue weighted by Crippen LogP contribution is 2.50.